The van der Waals surface area contributed by atoms with E-state index in [-0.39, 0.29) is 17.1 Å². The zero-order valence-corrected chi connectivity index (χ0v) is 17.8. The minimum atomic E-state index is -0.596. The first-order valence-electron chi connectivity index (χ1n) is 11.1. The summed E-state index contributed by atoms with van der Waals surface area (Å²) in [6.45, 7) is 5.95. The second-order valence-corrected chi connectivity index (χ2v) is 8.99. The first-order chi connectivity index (χ1) is 14.5. The Morgan fingerprint density at radius 1 is 1.13 bits per heavy atom. The fraction of sp³-hybridized carbons (Fsp3) is 0.583. The molecule has 0 radical (unpaired) electrons. The van der Waals surface area contributed by atoms with Gasteiger partial charge in [0.25, 0.3) is 5.91 Å². The van der Waals surface area contributed by atoms with E-state index in [0.29, 0.717) is 24.4 Å². The van der Waals surface area contributed by atoms with Crippen LogP contribution in [0.4, 0.5) is 0 Å². The van der Waals surface area contributed by atoms with Crippen molar-refractivity contribution in [3.63, 3.8) is 0 Å². The van der Waals surface area contributed by atoms with Gasteiger partial charge < -0.3 is 18.8 Å². The number of ether oxygens (including phenoxy) is 2. The minimum absolute atomic E-state index is 0.00208. The van der Waals surface area contributed by atoms with E-state index >= 15 is 0 Å². The molecule has 160 valence electrons. The van der Waals surface area contributed by atoms with Crippen LogP contribution in [0.3, 0.4) is 0 Å². The van der Waals surface area contributed by atoms with Crippen molar-refractivity contribution in [2.24, 2.45) is 0 Å². The molecule has 2 aromatic rings. The van der Waals surface area contributed by atoms with Gasteiger partial charge in [-0.2, -0.15) is 0 Å². The van der Waals surface area contributed by atoms with Crippen LogP contribution in [0.25, 0.3) is 11.0 Å². The molecule has 3 heterocycles. The number of hydrogen-bond donors (Lipinski definition) is 0. The van der Waals surface area contributed by atoms with Crippen LogP contribution < -0.4 is 10.4 Å². The first-order valence-corrected chi connectivity index (χ1v) is 11.1. The molecule has 0 bridgehead atoms. The normalized spacial score (nSPS) is 21.2. The van der Waals surface area contributed by atoms with E-state index in [4.69, 9.17) is 13.9 Å². The maximum absolute atomic E-state index is 13.0. The van der Waals surface area contributed by atoms with Gasteiger partial charge >= 0.3 is 5.63 Å². The molecular formula is C24H29NO5. The topological polar surface area (TPSA) is 69.0 Å². The molecule has 6 nitrogen and oxygen atoms in total. The lowest BCUT2D eigenvalue weighted by atomic mass is 9.88. The second kappa shape index (κ2) is 7.41. The number of amides is 1. The van der Waals surface area contributed by atoms with E-state index in [1.54, 1.807) is 6.92 Å². The van der Waals surface area contributed by atoms with Crippen molar-refractivity contribution >= 4 is 16.9 Å². The third kappa shape index (κ3) is 3.22. The average molecular weight is 411 g/mol. The molecule has 0 N–H and O–H groups in total. The molecule has 6 heteroatoms. The number of rotatable bonds is 3. The lowest BCUT2D eigenvalue weighted by Crippen LogP contribution is -2.49. The summed E-state index contributed by atoms with van der Waals surface area (Å²) >= 11 is 0. The highest BCUT2D eigenvalue weighted by Gasteiger charge is 2.40. The van der Waals surface area contributed by atoms with Crippen molar-refractivity contribution in [1.82, 2.24) is 4.90 Å². The number of carbonyl (C=O) groups is 1. The molecule has 2 aliphatic heterocycles. The van der Waals surface area contributed by atoms with Crippen LogP contribution >= 0.6 is 0 Å². The summed E-state index contributed by atoms with van der Waals surface area (Å²) in [5, 5.41) is 0.990. The predicted molar refractivity (Wildman–Crippen MR) is 113 cm³/mol. The van der Waals surface area contributed by atoms with Gasteiger partial charge in [0, 0.05) is 36.2 Å². The largest absolute Gasteiger partial charge is 0.480 e. The van der Waals surface area contributed by atoms with Gasteiger partial charge in [0.05, 0.1) is 5.60 Å². The number of fused-ring (bicyclic) bond motifs is 3. The summed E-state index contributed by atoms with van der Waals surface area (Å²) < 4.78 is 17.7. The summed E-state index contributed by atoms with van der Waals surface area (Å²) in [5.74, 6) is 0.592. The predicted octanol–water partition coefficient (Wildman–Crippen LogP) is 3.53. The third-order valence-electron chi connectivity index (χ3n) is 7.16. The Morgan fingerprint density at radius 3 is 2.63 bits per heavy atom. The van der Waals surface area contributed by atoms with E-state index in [0.717, 1.165) is 73.6 Å². The smallest absolute Gasteiger partial charge is 0.339 e. The molecule has 0 saturated carbocycles. The van der Waals surface area contributed by atoms with Crippen molar-refractivity contribution in [2.75, 3.05) is 19.7 Å². The Hall–Kier alpha value is -2.34. The third-order valence-corrected chi connectivity index (χ3v) is 7.16. The van der Waals surface area contributed by atoms with Gasteiger partial charge in [0.1, 0.15) is 11.3 Å². The highest BCUT2D eigenvalue weighted by atomic mass is 16.5. The van der Waals surface area contributed by atoms with Crippen LogP contribution in [-0.2, 0) is 22.4 Å². The second-order valence-electron chi connectivity index (χ2n) is 8.99. The first kappa shape index (κ1) is 19.6. The lowest BCUT2D eigenvalue weighted by molar-refractivity contribution is -0.142. The van der Waals surface area contributed by atoms with Crippen molar-refractivity contribution < 1.29 is 18.7 Å². The van der Waals surface area contributed by atoms with Gasteiger partial charge in [0.15, 0.2) is 6.10 Å². The van der Waals surface area contributed by atoms with Crippen molar-refractivity contribution in [3.8, 4) is 5.75 Å². The molecular weight excluding hydrogens is 382 g/mol. The molecule has 1 atom stereocenters. The van der Waals surface area contributed by atoms with Crippen LogP contribution in [0.5, 0.6) is 5.75 Å². The van der Waals surface area contributed by atoms with Gasteiger partial charge in [-0.05, 0) is 76.5 Å². The summed E-state index contributed by atoms with van der Waals surface area (Å²) in [6, 6.07) is 3.86. The SMILES string of the molecule is Cc1c(OC(C)C(=O)N2CCC3(CCCO3)CC2)ccc2c3c(c(=O)oc12)CCC3. The molecule has 1 aromatic heterocycles. The summed E-state index contributed by atoms with van der Waals surface area (Å²) in [5.41, 5.74) is 3.03. The van der Waals surface area contributed by atoms with Gasteiger partial charge in [-0.1, -0.05) is 0 Å². The lowest BCUT2D eigenvalue weighted by Gasteiger charge is -2.39. The van der Waals surface area contributed by atoms with Crippen LogP contribution in [0.1, 0.15) is 55.7 Å². The van der Waals surface area contributed by atoms with E-state index in [1.165, 1.54) is 0 Å². The fourth-order valence-electron chi connectivity index (χ4n) is 5.37. The van der Waals surface area contributed by atoms with Crippen molar-refractivity contribution in [2.45, 2.75) is 70.5 Å². The van der Waals surface area contributed by atoms with Gasteiger partial charge in [-0.3, -0.25) is 4.79 Å². The molecule has 1 aliphatic carbocycles. The van der Waals surface area contributed by atoms with Gasteiger partial charge in [-0.15, -0.1) is 0 Å². The zero-order valence-electron chi connectivity index (χ0n) is 17.8. The molecule has 1 unspecified atom stereocenters. The van der Waals surface area contributed by atoms with E-state index < -0.39 is 6.10 Å². The number of hydrogen-bond acceptors (Lipinski definition) is 5. The Morgan fingerprint density at radius 2 is 1.90 bits per heavy atom. The maximum atomic E-state index is 13.0. The van der Waals surface area contributed by atoms with Crippen LogP contribution in [0.2, 0.25) is 0 Å². The number of benzene rings is 1. The van der Waals surface area contributed by atoms with Crippen LogP contribution in [0, 0.1) is 6.92 Å². The Balaban J connectivity index is 1.33. The monoisotopic (exact) mass is 411 g/mol. The summed E-state index contributed by atoms with van der Waals surface area (Å²) in [6.07, 6.45) is 6.11. The molecule has 2 fully saturated rings. The quantitative estimate of drug-likeness (QED) is 0.723. The fourth-order valence-corrected chi connectivity index (χ4v) is 5.37. The minimum Gasteiger partial charge on any atom is -0.480 e. The molecule has 3 aliphatic rings. The van der Waals surface area contributed by atoms with Crippen LogP contribution in [-0.4, -0.2) is 42.2 Å². The Labute approximate surface area is 176 Å². The number of aryl methyl sites for hydroxylation is 2. The van der Waals surface area contributed by atoms with Gasteiger partial charge in [0.2, 0.25) is 0 Å². The average Bonchev–Trinajstić information content (AvgIpc) is 3.41. The molecule has 5 rings (SSSR count). The van der Waals surface area contributed by atoms with Crippen molar-refractivity contribution in [3.05, 3.63) is 39.2 Å². The molecule has 1 spiro atoms. The van der Waals surface area contributed by atoms with E-state index in [2.05, 4.69) is 0 Å². The highest BCUT2D eigenvalue weighted by molar-refractivity contribution is 5.86. The maximum Gasteiger partial charge on any atom is 0.339 e. The number of piperidine rings is 1. The summed E-state index contributed by atoms with van der Waals surface area (Å²) in [4.78, 5) is 27.2. The highest BCUT2D eigenvalue weighted by Crippen LogP contribution is 2.36. The Kier molecular flexibility index (Phi) is 4.85. The molecule has 2 saturated heterocycles. The van der Waals surface area contributed by atoms with Crippen LogP contribution in [0.15, 0.2) is 21.3 Å². The zero-order chi connectivity index (χ0) is 20.9. The Bertz CT molecular complexity index is 1040. The standard InChI is InChI=1S/C24H29NO5/c1-15-20(8-7-18-17-5-3-6-19(17)23(27)30-21(15)18)29-16(2)22(26)25-12-10-24(11-13-25)9-4-14-28-24/h7-8,16H,3-6,9-14H2,1-2H3. The number of carbonyl (C=O) groups excluding carboxylic acids is 1. The molecule has 1 aromatic carbocycles. The molecule has 30 heavy (non-hydrogen) atoms. The molecule has 1 amide bonds. The summed E-state index contributed by atoms with van der Waals surface area (Å²) in [7, 11) is 0. The van der Waals surface area contributed by atoms with Crippen molar-refractivity contribution in [1.29, 1.82) is 0 Å². The van der Waals surface area contributed by atoms with Gasteiger partial charge in [-0.25, -0.2) is 4.79 Å². The van der Waals surface area contributed by atoms with E-state index in [1.807, 2.05) is 24.0 Å². The number of likely N-dealkylation sites (tertiary alicyclic amines) is 1. The van der Waals surface area contributed by atoms with E-state index in [9.17, 15) is 9.59 Å². The number of nitrogens with zero attached hydrogens (tertiary/aromatic N) is 1.